The molecule has 4 rings (SSSR count). The number of rotatable bonds is 8. The number of methoxy groups -OCH3 is 1. The minimum absolute atomic E-state index is 0.00899. The van der Waals surface area contributed by atoms with Crippen molar-refractivity contribution in [3.8, 4) is 11.5 Å². The summed E-state index contributed by atoms with van der Waals surface area (Å²) in [6.07, 6.45) is -8.35. The molecular weight excluding hydrogens is 552 g/mol. The number of amidine groups is 1. The van der Waals surface area contributed by atoms with Gasteiger partial charge in [0.25, 0.3) is 0 Å². The van der Waals surface area contributed by atoms with Gasteiger partial charge in [0.05, 0.1) is 30.5 Å². The summed E-state index contributed by atoms with van der Waals surface area (Å²) in [7, 11) is 1.32. The molecule has 0 aromatic heterocycles. The fraction of sp³-hybridized carbons (Fsp3) is 0.241. The number of halogens is 6. The molecule has 1 fully saturated rings. The topological polar surface area (TPSA) is 65.9 Å². The molecule has 0 spiro atoms. The summed E-state index contributed by atoms with van der Waals surface area (Å²) in [5.41, 5.74) is -1.62. The SMILES string of the molecule is CCN1C(=N)/C(=C/c2ccc(OCc3ccc(C(F)(F)F)cc3C(F)(F)F)c(OC)c2)N(Cc2ccccc2)C1=O. The second-order valence-corrected chi connectivity index (χ2v) is 9.04. The summed E-state index contributed by atoms with van der Waals surface area (Å²) < 4.78 is 90.4. The average Bonchev–Trinajstić information content (AvgIpc) is 3.14. The molecule has 1 N–H and O–H groups in total. The van der Waals surface area contributed by atoms with Crippen LogP contribution in [-0.2, 0) is 25.5 Å². The maximum Gasteiger partial charge on any atom is 0.416 e. The molecule has 12 heteroatoms. The highest BCUT2D eigenvalue weighted by Gasteiger charge is 2.39. The minimum atomic E-state index is -5.03. The number of nitrogens with one attached hydrogen (secondary N) is 1. The Morgan fingerprint density at radius 1 is 0.878 bits per heavy atom. The smallest absolute Gasteiger partial charge is 0.416 e. The number of hydrogen-bond donors (Lipinski definition) is 1. The highest BCUT2D eigenvalue weighted by atomic mass is 19.4. The van der Waals surface area contributed by atoms with Crippen LogP contribution in [0.2, 0.25) is 0 Å². The summed E-state index contributed by atoms with van der Waals surface area (Å²) in [6.45, 7) is 1.61. The van der Waals surface area contributed by atoms with Crippen molar-refractivity contribution < 1.29 is 40.6 Å². The van der Waals surface area contributed by atoms with Crippen molar-refractivity contribution in [3.05, 3.63) is 100 Å². The Labute approximate surface area is 231 Å². The fourth-order valence-electron chi connectivity index (χ4n) is 4.32. The Morgan fingerprint density at radius 3 is 2.20 bits per heavy atom. The van der Waals surface area contributed by atoms with Gasteiger partial charge in [0.1, 0.15) is 6.61 Å². The van der Waals surface area contributed by atoms with Gasteiger partial charge in [0.15, 0.2) is 17.3 Å². The van der Waals surface area contributed by atoms with Crippen LogP contribution < -0.4 is 9.47 Å². The van der Waals surface area contributed by atoms with Crippen LogP contribution in [0.25, 0.3) is 6.08 Å². The van der Waals surface area contributed by atoms with Crippen LogP contribution >= 0.6 is 0 Å². The van der Waals surface area contributed by atoms with Gasteiger partial charge in [-0.05, 0) is 48.4 Å². The van der Waals surface area contributed by atoms with E-state index < -0.39 is 35.6 Å². The molecule has 3 aromatic carbocycles. The van der Waals surface area contributed by atoms with Crippen molar-refractivity contribution in [1.29, 1.82) is 5.41 Å². The maximum absolute atomic E-state index is 13.5. The minimum Gasteiger partial charge on any atom is -0.493 e. The van der Waals surface area contributed by atoms with Crippen LogP contribution in [0.4, 0.5) is 31.1 Å². The Kier molecular flexibility index (Phi) is 8.32. The van der Waals surface area contributed by atoms with E-state index in [1.54, 1.807) is 19.1 Å². The number of benzene rings is 3. The monoisotopic (exact) mass is 577 g/mol. The van der Waals surface area contributed by atoms with Gasteiger partial charge in [-0.2, -0.15) is 26.3 Å². The van der Waals surface area contributed by atoms with Gasteiger partial charge in [-0.25, -0.2) is 4.79 Å². The molecule has 1 aliphatic rings. The van der Waals surface area contributed by atoms with Gasteiger partial charge >= 0.3 is 18.4 Å². The Morgan fingerprint density at radius 2 is 1.59 bits per heavy atom. The second kappa shape index (κ2) is 11.6. The van der Waals surface area contributed by atoms with E-state index in [0.717, 1.165) is 11.6 Å². The Balaban J connectivity index is 1.61. The van der Waals surface area contributed by atoms with Crippen LogP contribution in [0.3, 0.4) is 0 Å². The zero-order valence-electron chi connectivity index (χ0n) is 21.9. The number of urea groups is 1. The predicted octanol–water partition coefficient (Wildman–Crippen LogP) is 7.59. The van der Waals surface area contributed by atoms with E-state index in [9.17, 15) is 31.1 Å². The lowest BCUT2D eigenvalue weighted by molar-refractivity contribution is -0.143. The van der Waals surface area contributed by atoms with Crippen LogP contribution in [0.1, 0.15) is 34.7 Å². The molecular formula is C29H25F6N3O3. The van der Waals surface area contributed by atoms with Crippen LogP contribution in [-0.4, -0.2) is 35.3 Å². The first-order chi connectivity index (χ1) is 19.3. The molecule has 0 unspecified atom stereocenters. The van der Waals surface area contributed by atoms with Gasteiger partial charge in [-0.15, -0.1) is 0 Å². The van der Waals surface area contributed by atoms with Gasteiger partial charge in [0, 0.05) is 12.1 Å². The van der Waals surface area contributed by atoms with Gasteiger partial charge in [-0.3, -0.25) is 15.2 Å². The van der Waals surface area contributed by atoms with E-state index in [1.165, 1.54) is 29.0 Å². The van der Waals surface area contributed by atoms with Crippen molar-refractivity contribution in [3.63, 3.8) is 0 Å². The molecule has 1 aliphatic heterocycles. The summed E-state index contributed by atoms with van der Waals surface area (Å²) in [6, 6.07) is 14.8. The van der Waals surface area contributed by atoms with E-state index in [4.69, 9.17) is 14.9 Å². The van der Waals surface area contributed by atoms with Crippen molar-refractivity contribution in [2.75, 3.05) is 13.7 Å². The van der Waals surface area contributed by atoms with Gasteiger partial charge < -0.3 is 9.47 Å². The first kappa shape index (κ1) is 29.5. The molecule has 3 aromatic rings. The van der Waals surface area contributed by atoms with E-state index in [1.807, 2.05) is 30.3 Å². The zero-order valence-corrected chi connectivity index (χ0v) is 21.9. The molecule has 216 valence electrons. The number of likely N-dealkylation sites (N-methyl/N-ethyl adjacent to an activating group) is 1. The van der Waals surface area contributed by atoms with Crippen molar-refractivity contribution in [1.82, 2.24) is 9.80 Å². The van der Waals surface area contributed by atoms with E-state index in [0.29, 0.717) is 23.9 Å². The number of ether oxygens (including phenoxy) is 2. The van der Waals surface area contributed by atoms with E-state index in [2.05, 4.69) is 0 Å². The van der Waals surface area contributed by atoms with Gasteiger partial charge in [-0.1, -0.05) is 42.5 Å². The largest absolute Gasteiger partial charge is 0.493 e. The van der Waals surface area contributed by atoms with Crippen LogP contribution in [0.15, 0.2) is 72.4 Å². The number of alkyl halides is 6. The Hall–Kier alpha value is -4.48. The first-order valence-electron chi connectivity index (χ1n) is 12.3. The van der Waals surface area contributed by atoms with Crippen LogP contribution in [0.5, 0.6) is 11.5 Å². The molecule has 0 radical (unpaired) electrons. The van der Waals surface area contributed by atoms with Crippen molar-refractivity contribution >= 4 is 17.9 Å². The fourth-order valence-corrected chi connectivity index (χ4v) is 4.32. The molecule has 0 bridgehead atoms. The van der Waals surface area contributed by atoms with E-state index in [-0.39, 0.29) is 36.0 Å². The molecule has 0 saturated carbocycles. The van der Waals surface area contributed by atoms with Crippen molar-refractivity contribution in [2.45, 2.75) is 32.4 Å². The summed E-state index contributed by atoms with van der Waals surface area (Å²) >= 11 is 0. The number of amides is 2. The van der Waals surface area contributed by atoms with E-state index >= 15 is 0 Å². The van der Waals surface area contributed by atoms with Crippen molar-refractivity contribution in [2.24, 2.45) is 0 Å². The number of hydrogen-bond acceptors (Lipinski definition) is 4. The zero-order chi connectivity index (χ0) is 29.9. The second-order valence-electron chi connectivity index (χ2n) is 9.04. The third-order valence-electron chi connectivity index (χ3n) is 6.38. The number of carbonyl (C=O) groups excluding carboxylic acids is 1. The highest BCUT2D eigenvalue weighted by molar-refractivity contribution is 6.15. The summed E-state index contributed by atoms with van der Waals surface area (Å²) in [4.78, 5) is 15.8. The standard InChI is InChI=1S/C29H25F6N3O3/c1-3-37-26(36)23(38(27(37)39)16-18-7-5-4-6-8-18)13-19-9-12-24(25(14-19)40-2)41-17-20-10-11-21(28(30,31)32)15-22(20)29(33,34)35/h4-15,36H,3,16-17H2,1-2H3/b23-13-,36-26?. The lowest BCUT2D eigenvalue weighted by atomic mass is 10.0. The molecule has 1 saturated heterocycles. The molecule has 0 atom stereocenters. The lowest BCUT2D eigenvalue weighted by Crippen LogP contribution is -2.32. The number of nitrogens with zero attached hydrogens (tertiary/aromatic N) is 2. The summed E-state index contributed by atoms with van der Waals surface area (Å²) in [5, 5.41) is 8.54. The maximum atomic E-state index is 13.5. The van der Waals surface area contributed by atoms with Gasteiger partial charge in [0.2, 0.25) is 0 Å². The quantitative estimate of drug-likeness (QED) is 0.281. The molecule has 0 aliphatic carbocycles. The van der Waals surface area contributed by atoms with Crippen LogP contribution in [0, 0.1) is 5.41 Å². The number of carbonyl (C=O) groups is 1. The highest BCUT2D eigenvalue weighted by Crippen LogP contribution is 2.38. The first-order valence-corrected chi connectivity index (χ1v) is 12.3. The molecule has 2 amide bonds. The molecule has 1 heterocycles. The average molecular weight is 578 g/mol. The lowest BCUT2D eigenvalue weighted by Gasteiger charge is -2.18. The molecule has 41 heavy (non-hydrogen) atoms. The Bertz CT molecular complexity index is 1470. The third-order valence-corrected chi connectivity index (χ3v) is 6.38. The normalized spacial score (nSPS) is 15.2. The third kappa shape index (κ3) is 6.47. The predicted molar refractivity (Wildman–Crippen MR) is 139 cm³/mol. The summed E-state index contributed by atoms with van der Waals surface area (Å²) in [5.74, 6) is 0.198. The molecule has 6 nitrogen and oxygen atoms in total.